The Labute approximate surface area is 268 Å². The number of aromatic nitrogens is 4. The summed E-state index contributed by atoms with van der Waals surface area (Å²) in [5.41, 5.74) is 12.0. The topological polar surface area (TPSA) is 35.1 Å². The molecule has 0 fully saturated rings. The second-order valence-electron chi connectivity index (χ2n) is 13.4. The zero-order chi connectivity index (χ0) is 30.5. The molecule has 3 aliphatic rings. The summed E-state index contributed by atoms with van der Waals surface area (Å²) in [7, 11) is 0. The van der Waals surface area contributed by atoms with Gasteiger partial charge < -0.3 is 8.97 Å². The van der Waals surface area contributed by atoms with E-state index in [2.05, 4.69) is 131 Å². The van der Waals surface area contributed by atoms with E-state index in [9.17, 15) is 0 Å². The molecule has 0 N–H and O–H groups in total. The molecule has 4 nitrogen and oxygen atoms in total. The van der Waals surface area contributed by atoms with E-state index >= 15 is 0 Å². The normalized spacial score (nSPS) is 17.9. The van der Waals surface area contributed by atoms with Gasteiger partial charge in [-0.3, -0.25) is 9.97 Å². The van der Waals surface area contributed by atoms with Gasteiger partial charge in [0.15, 0.2) is 0 Å². The van der Waals surface area contributed by atoms with Gasteiger partial charge in [0.2, 0.25) is 0 Å². The predicted molar refractivity (Wildman–Crippen MR) is 194 cm³/mol. The van der Waals surface area contributed by atoms with Crippen molar-refractivity contribution in [1.29, 1.82) is 0 Å². The van der Waals surface area contributed by atoms with Crippen LogP contribution in [0, 0.1) is 11.8 Å². The molecule has 2 unspecified atom stereocenters. The first-order valence-electron chi connectivity index (χ1n) is 16.5. The molecule has 0 saturated heterocycles. The van der Waals surface area contributed by atoms with Gasteiger partial charge in [-0.25, -0.2) is 0 Å². The number of nitrogens with zero attached hydrogens (tertiary/aromatic N) is 4. The molecule has 0 saturated carbocycles. The van der Waals surface area contributed by atoms with Crippen LogP contribution in [0.3, 0.4) is 0 Å². The zero-order valence-corrected chi connectivity index (χ0v) is 25.6. The van der Waals surface area contributed by atoms with Crippen molar-refractivity contribution in [3.63, 3.8) is 0 Å². The summed E-state index contributed by atoms with van der Waals surface area (Å²) in [6.45, 7) is 2.37. The number of fused-ring (bicyclic) bond motifs is 14. The van der Waals surface area contributed by atoms with E-state index in [1.807, 2.05) is 0 Å². The van der Waals surface area contributed by atoms with Crippen molar-refractivity contribution in [2.75, 3.05) is 0 Å². The number of hydrogen-bond acceptors (Lipinski definition) is 2. The number of para-hydroxylation sites is 2. The monoisotopic (exact) mass is 598 g/mol. The standard InChI is InChI=1S/C43H26N4/c1-23-21-33-38-42-31(22-32-26-11-5-7-16-35(26)47(43(32)38)41(33)27-12-3-2-9-24(23)27)25-10-4-6-15-34(25)46(42)36-18-17-30-37-28(36)13-8-14-29(37)39-40(30)45-20-19-44-39/h2-24H,1H3. The summed E-state index contributed by atoms with van der Waals surface area (Å²) in [6, 6.07) is 31.6. The van der Waals surface area contributed by atoms with Crippen LogP contribution >= 0.6 is 0 Å². The maximum atomic E-state index is 4.77. The van der Waals surface area contributed by atoms with E-state index in [0.29, 0.717) is 11.8 Å². The van der Waals surface area contributed by atoms with Crippen LogP contribution in [0.15, 0.2) is 122 Å². The molecule has 9 aromatic rings. The molecular weight excluding hydrogens is 573 g/mol. The Balaban J connectivity index is 1.36. The van der Waals surface area contributed by atoms with Gasteiger partial charge in [0.25, 0.3) is 0 Å². The zero-order valence-electron chi connectivity index (χ0n) is 25.6. The molecule has 0 amide bonds. The van der Waals surface area contributed by atoms with E-state index in [4.69, 9.17) is 9.97 Å². The third kappa shape index (κ3) is 2.75. The van der Waals surface area contributed by atoms with Crippen molar-refractivity contribution in [2.45, 2.75) is 6.92 Å². The van der Waals surface area contributed by atoms with Gasteiger partial charge in [-0.2, -0.15) is 0 Å². The van der Waals surface area contributed by atoms with Crippen LogP contribution in [0.25, 0.3) is 99.6 Å². The minimum absolute atomic E-state index is 0.367. The van der Waals surface area contributed by atoms with Crippen molar-refractivity contribution in [2.24, 2.45) is 11.8 Å². The molecule has 0 spiro atoms. The van der Waals surface area contributed by atoms with Gasteiger partial charge in [-0.05, 0) is 41.8 Å². The summed E-state index contributed by atoms with van der Waals surface area (Å²) in [5.74, 6) is 0.755. The molecule has 4 heteroatoms. The highest BCUT2D eigenvalue weighted by Crippen LogP contribution is 2.48. The molecule has 2 atom stereocenters. The van der Waals surface area contributed by atoms with Crippen LogP contribution in [0.4, 0.5) is 0 Å². The first-order valence-corrected chi connectivity index (χ1v) is 16.5. The van der Waals surface area contributed by atoms with Gasteiger partial charge in [0, 0.05) is 72.4 Å². The molecule has 0 radical (unpaired) electrons. The van der Waals surface area contributed by atoms with Gasteiger partial charge in [0.1, 0.15) is 0 Å². The number of rotatable bonds is 1. The van der Waals surface area contributed by atoms with Crippen LogP contribution < -0.4 is 10.6 Å². The predicted octanol–water partition coefficient (Wildman–Crippen LogP) is 8.69. The first-order chi connectivity index (χ1) is 23.3. The molecular formula is C43H26N4. The third-order valence-electron chi connectivity index (χ3n) is 11.1. The highest BCUT2D eigenvalue weighted by Gasteiger charge is 2.30. The van der Waals surface area contributed by atoms with Gasteiger partial charge in [-0.15, -0.1) is 0 Å². The molecule has 12 rings (SSSR count). The average molecular weight is 599 g/mol. The molecule has 0 aliphatic heterocycles. The summed E-state index contributed by atoms with van der Waals surface area (Å²) >= 11 is 0. The van der Waals surface area contributed by atoms with Crippen LogP contribution in [0.5, 0.6) is 0 Å². The van der Waals surface area contributed by atoms with Gasteiger partial charge in [0.05, 0.1) is 44.5 Å². The summed E-state index contributed by atoms with van der Waals surface area (Å²) in [6.07, 6.45) is 15.3. The molecule has 3 aliphatic carbocycles. The quantitative estimate of drug-likeness (QED) is 0.190. The molecule has 4 aromatic heterocycles. The van der Waals surface area contributed by atoms with Crippen molar-refractivity contribution < 1.29 is 0 Å². The molecule has 5 aromatic carbocycles. The Kier molecular flexibility index (Phi) is 4.25. The van der Waals surface area contributed by atoms with Gasteiger partial charge in [-0.1, -0.05) is 91.9 Å². The van der Waals surface area contributed by atoms with E-state index in [0.717, 1.165) is 22.5 Å². The lowest BCUT2D eigenvalue weighted by Crippen LogP contribution is -2.36. The van der Waals surface area contributed by atoms with Crippen LogP contribution in [0.1, 0.15) is 6.92 Å². The molecule has 4 heterocycles. The fourth-order valence-corrected chi connectivity index (χ4v) is 9.33. The van der Waals surface area contributed by atoms with E-state index in [1.54, 1.807) is 12.4 Å². The second-order valence-corrected chi connectivity index (χ2v) is 13.4. The van der Waals surface area contributed by atoms with Crippen LogP contribution in [0.2, 0.25) is 0 Å². The maximum Gasteiger partial charge on any atom is 0.0971 e. The lowest BCUT2D eigenvalue weighted by molar-refractivity contribution is 0.647. The summed E-state index contributed by atoms with van der Waals surface area (Å²) in [5, 5.41) is 11.7. The third-order valence-corrected chi connectivity index (χ3v) is 11.1. The Morgan fingerprint density at radius 1 is 0.638 bits per heavy atom. The highest BCUT2D eigenvalue weighted by molar-refractivity contribution is 6.28. The smallest absolute Gasteiger partial charge is 0.0971 e. The Morgan fingerprint density at radius 3 is 2.21 bits per heavy atom. The summed E-state index contributed by atoms with van der Waals surface area (Å²) < 4.78 is 5.13. The average Bonchev–Trinajstić information content (AvgIpc) is 3.84. The Bertz CT molecular complexity index is 3070. The van der Waals surface area contributed by atoms with Gasteiger partial charge >= 0.3 is 0 Å². The molecule has 218 valence electrons. The fraction of sp³-hybridized carbons (Fsp3) is 0.0698. The lowest BCUT2D eigenvalue weighted by Gasteiger charge is -2.24. The highest BCUT2D eigenvalue weighted by atomic mass is 15.0. The van der Waals surface area contributed by atoms with Crippen LogP contribution in [-0.4, -0.2) is 18.9 Å². The lowest BCUT2D eigenvalue weighted by atomic mass is 9.80. The van der Waals surface area contributed by atoms with E-state index in [-0.39, 0.29) is 0 Å². The molecule has 0 bridgehead atoms. The number of benzene rings is 5. The van der Waals surface area contributed by atoms with Crippen LogP contribution in [-0.2, 0) is 0 Å². The maximum absolute atomic E-state index is 4.77. The summed E-state index contributed by atoms with van der Waals surface area (Å²) in [4.78, 5) is 9.54. The van der Waals surface area contributed by atoms with Crippen molar-refractivity contribution in [3.8, 4) is 28.2 Å². The number of hydrogen-bond donors (Lipinski definition) is 0. The fourth-order valence-electron chi connectivity index (χ4n) is 9.33. The SMILES string of the molecule is CC1C=c2c(n3c4ccccc4c4cc5c6ccccc6n(-c6ccc7c8c(cccc68)-c6nccnc6-7)c5c2c43)=C2C=CC=CC21. The number of allylic oxidation sites excluding steroid dienone is 4. The van der Waals surface area contributed by atoms with Crippen molar-refractivity contribution in [1.82, 2.24) is 18.9 Å². The minimum atomic E-state index is 0.367. The van der Waals surface area contributed by atoms with E-state index in [1.165, 1.54) is 81.6 Å². The first kappa shape index (κ1) is 24.3. The van der Waals surface area contributed by atoms with Crippen molar-refractivity contribution in [3.05, 3.63) is 132 Å². The largest absolute Gasteiger partial charge is 0.308 e. The van der Waals surface area contributed by atoms with Crippen molar-refractivity contribution >= 4 is 71.4 Å². The minimum Gasteiger partial charge on any atom is -0.308 e. The second kappa shape index (κ2) is 8.23. The van der Waals surface area contributed by atoms with E-state index < -0.39 is 0 Å². The Morgan fingerprint density at radius 2 is 1.36 bits per heavy atom. The Hall–Kier alpha value is -6.00. The molecule has 47 heavy (non-hydrogen) atoms.